The zero-order chi connectivity index (χ0) is 16.5. The maximum atomic E-state index is 11.2. The molecule has 0 saturated carbocycles. The highest BCUT2D eigenvalue weighted by atomic mass is 16.2. The number of nitrogens with zero attached hydrogens (tertiary/aromatic N) is 2. The van der Waals surface area contributed by atoms with E-state index in [-0.39, 0.29) is 36.7 Å². The summed E-state index contributed by atoms with van der Waals surface area (Å²) in [5.41, 5.74) is 0. The van der Waals surface area contributed by atoms with Crippen LogP contribution in [0.1, 0.15) is 39.5 Å². The van der Waals surface area contributed by atoms with Gasteiger partial charge in [0, 0.05) is 37.4 Å². The van der Waals surface area contributed by atoms with Crippen LogP contribution in [-0.2, 0) is 19.2 Å². The van der Waals surface area contributed by atoms with Gasteiger partial charge >= 0.3 is 0 Å². The molecule has 0 unspecified atom stereocenters. The van der Waals surface area contributed by atoms with Gasteiger partial charge in [0.25, 0.3) is 23.6 Å². The van der Waals surface area contributed by atoms with Crippen LogP contribution in [0.15, 0.2) is 24.3 Å². The second kappa shape index (κ2) is 8.92. The van der Waals surface area contributed by atoms with E-state index in [2.05, 4.69) is 13.8 Å². The molecule has 120 valence electrons. The van der Waals surface area contributed by atoms with Crippen LogP contribution in [0.3, 0.4) is 0 Å². The summed E-state index contributed by atoms with van der Waals surface area (Å²) in [6.45, 7) is 4.84. The predicted molar refractivity (Wildman–Crippen MR) is 81.5 cm³/mol. The summed E-state index contributed by atoms with van der Waals surface area (Å²) in [5, 5.41) is 0. The Kier molecular flexibility index (Phi) is 7.22. The van der Waals surface area contributed by atoms with Crippen LogP contribution in [0.2, 0.25) is 0 Å². The Bertz CT molecular complexity index is 428. The number of carbonyl (C=O) groups excluding carboxylic acids is 4. The van der Waals surface area contributed by atoms with E-state index in [1.807, 2.05) is 0 Å². The molecule has 4 amide bonds. The molecule has 2 aliphatic heterocycles. The fourth-order valence-electron chi connectivity index (χ4n) is 2.04. The summed E-state index contributed by atoms with van der Waals surface area (Å²) in [5.74, 6) is -1.42. The Labute approximate surface area is 130 Å². The molecule has 6 nitrogen and oxygen atoms in total. The van der Waals surface area contributed by atoms with Crippen LogP contribution in [0.5, 0.6) is 0 Å². The van der Waals surface area contributed by atoms with Crippen molar-refractivity contribution in [1.29, 1.82) is 0 Å². The molecule has 2 rings (SSSR count). The quantitative estimate of drug-likeness (QED) is 0.696. The van der Waals surface area contributed by atoms with Crippen LogP contribution in [0, 0.1) is 0 Å². The maximum absolute atomic E-state index is 11.2. The second-order valence-corrected chi connectivity index (χ2v) is 5.03. The molecule has 6 heteroatoms. The lowest BCUT2D eigenvalue weighted by molar-refractivity contribution is -0.136. The minimum Gasteiger partial charge on any atom is -0.275 e. The summed E-state index contributed by atoms with van der Waals surface area (Å²) >= 11 is 0. The topological polar surface area (TPSA) is 74.8 Å². The molecule has 22 heavy (non-hydrogen) atoms. The maximum Gasteiger partial charge on any atom is 0.253 e. The number of rotatable bonds is 6. The first-order valence-electron chi connectivity index (χ1n) is 7.58. The molecule has 0 bridgehead atoms. The monoisotopic (exact) mass is 306 g/mol. The third-order valence-corrected chi connectivity index (χ3v) is 3.27. The normalized spacial score (nSPS) is 16.6. The zero-order valence-corrected chi connectivity index (χ0v) is 13.1. The number of unbranched alkanes of at least 4 members (excludes halogenated alkanes) is 2. The average Bonchev–Trinajstić information content (AvgIpc) is 2.98. The summed E-state index contributed by atoms with van der Waals surface area (Å²) in [6, 6.07) is 0. The van der Waals surface area contributed by atoms with Crippen LogP contribution in [0.4, 0.5) is 0 Å². The molecule has 0 radical (unpaired) electrons. The molecule has 0 aromatic heterocycles. The lowest BCUT2D eigenvalue weighted by Crippen LogP contribution is -2.36. The first kappa shape index (κ1) is 17.8. The average molecular weight is 306 g/mol. The van der Waals surface area contributed by atoms with E-state index in [1.54, 1.807) is 0 Å². The van der Waals surface area contributed by atoms with Crippen LogP contribution in [0.25, 0.3) is 0 Å². The van der Waals surface area contributed by atoms with Gasteiger partial charge in [0.15, 0.2) is 0 Å². The molecule has 0 atom stereocenters. The highest BCUT2D eigenvalue weighted by Crippen LogP contribution is 2.07. The van der Waals surface area contributed by atoms with Crippen molar-refractivity contribution in [3.8, 4) is 0 Å². The fourth-order valence-corrected chi connectivity index (χ4v) is 2.04. The highest BCUT2D eigenvalue weighted by molar-refractivity contribution is 6.13. The van der Waals surface area contributed by atoms with Crippen LogP contribution < -0.4 is 0 Å². The van der Waals surface area contributed by atoms with Crippen molar-refractivity contribution >= 4 is 23.6 Å². The lowest BCUT2D eigenvalue weighted by atomic mass is 10.3. The molecule has 0 aliphatic carbocycles. The van der Waals surface area contributed by atoms with E-state index in [4.69, 9.17) is 0 Å². The van der Waals surface area contributed by atoms with Crippen LogP contribution >= 0.6 is 0 Å². The Balaban J connectivity index is 0.000000422. The first-order valence-corrected chi connectivity index (χ1v) is 7.58. The number of hydrogen-bond donors (Lipinski definition) is 0. The van der Waals surface area contributed by atoms with Crippen LogP contribution in [-0.4, -0.2) is 46.5 Å². The Hall–Kier alpha value is -2.24. The smallest absolute Gasteiger partial charge is 0.253 e. The van der Waals surface area contributed by atoms with Gasteiger partial charge in [-0.25, -0.2) is 0 Å². The van der Waals surface area contributed by atoms with Crippen molar-refractivity contribution < 1.29 is 19.2 Å². The molecular weight excluding hydrogens is 284 g/mol. The van der Waals surface area contributed by atoms with Crippen molar-refractivity contribution in [1.82, 2.24) is 9.80 Å². The van der Waals surface area contributed by atoms with Gasteiger partial charge in [-0.3, -0.25) is 29.0 Å². The Morgan fingerprint density at radius 3 is 1.18 bits per heavy atom. The number of carbonyl (C=O) groups is 4. The molecule has 0 aromatic rings. The van der Waals surface area contributed by atoms with E-state index in [1.165, 1.54) is 43.6 Å². The summed E-state index contributed by atoms with van der Waals surface area (Å²) in [4.78, 5) is 47.0. The van der Waals surface area contributed by atoms with E-state index in [0.717, 1.165) is 9.80 Å². The third kappa shape index (κ3) is 4.95. The van der Waals surface area contributed by atoms with Gasteiger partial charge < -0.3 is 0 Å². The molecule has 0 saturated heterocycles. The lowest BCUT2D eigenvalue weighted by Gasteiger charge is -2.17. The third-order valence-electron chi connectivity index (χ3n) is 3.27. The van der Waals surface area contributed by atoms with E-state index in [0.29, 0.717) is 6.42 Å². The molecular formula is C16H22N2O4. The van der Waals surface area contributed by atoms with E-state index < -0.39 is 0 Å². The highest BCUT2D eigenvalue weighted by Gasteiger charge is 2.25. The number of hydrogen-bond acceptors (Lipinski definition) is 4. The van der Waals surface area contributed by atoms with Crippen molar-refractivity contribution in [2.45, 2.75) is 39.5 Å². The first-order chi connectivity index (χ1) is 10.5. The number of amides is 4. The summed E-state index contributed by atoms with van der Waals surface area (Å²) < 4.78 is 0. The SMILES string of the molecule is CCCCC.O=C1C=CC(=O)N1CCCN1C(=O)C=CC1=O. The van der Waals surface area contributed by atoms with E-state index in [9.17, 15) is 19.2 Å². The predicted octanol–water partition coefficient (Wildman–Crippen LogP) is 1.42. The number of imide groups is 2. The minimum absolute atomic E-state index is 0.210. The fraction of sp³-hybridized carbons (Fsp3) is 0.500. The summed E-state index contributed by atoms with van der Waals surface area (Å²) in [7, 11) is 0. The van der Waals surface area contributed by atoms with Gasteiger partial charge in [-0.15, -0.1) is 0 Å². The van der Waals surface area contributed by atoms with Crippen molar-refractivity contribution in [3.63, 3.8) is 0 Å². The van der Waals surface area contributed by atoms with E-state index >= 15 is 0 Å². The van der Waals surface area contributed by atoms with Crippen molar-refractivity contribution in [2.75, 3.05) is 13.1 Å². The standard InChI is InChI=1S/C11H10N2O4.C5H12/c14-8-2-3-9(15)12(8)6-1-7-13-10(16)4-5-11(13)17;1-3-5-4-2/h2-5H,1,6-7H2;3-5H2,1-2H3. The molecule has 2 aliphatic rings. The van der Waals surface area contributed by atoms with Gasteiger partial charge in [-0.05, 0) is 6.42 Å². The molecule has 0 fully saturated rings. The Morgan fingerprint density at radius 1 is 0.636 bits per heavy atom. The van der Waals surface area contributed by atoms with Gasteiger partial charge in [0.05, 0.1) is 0 Å². The van der Waals surface area contributed by atoms with Crippen molar-refractivity contribution in [3.05, 3.63) is 24.3 Å². The van der Waals surface area contributed by atoms with Crippen molar-refractivity contribution in [2.24, 2.45) is 0 Å². The molecule has 0 N–H and O–H groups in total. The second-order valence-electron chi connectivity index (χ2n) is 5.03. The van der Waals surface area contributed by atoms with Gasteiger partial charge in [0.1, 0.15) is 0 Å². The molecule has 0 aromatic carbocycles. The Morgan fingerprint density at radius 2 is 0.955 bits per heavy atom. The van der Waals surface area contributed by atoms with Gasteiger partial charge in [-0.2, -0.15) is 0 Å². The minimum atomic E-state index is -0.354. The van der Waals surface area contributed by atoms with Gasteiger partial charge in [-0.1, -0.05) is 33.1 Å². The molecule has 0 spiro atoms. The zero-order valence-electron chi connectivity index (χ0n) is 13.1. The largest absolute Gasteiger partial charge is 0.275 e. The molecule has 2 heterocycles. The summed E-state index contributed by atoms with van der Waals surface area (Å²) in [6.07, 6.45) is 9.28. The van der Waals surface area contributed by atoms with Gasteiger partial charge in [0.2, 0.25) is 0 Å².